The molecule has 0 amide bonds. The van der Waals surface area contributed by atoms with Gasteiger partial charge in [-0.15, -0.1) is 0 Å². The lowest BCUT2D eigenvalue weighted by molar-refractivity contribution is 0.222. The van der Waals surface area contributed by atoms with E-state index in [-0.39, 0.29) is 36.3 Å². The van der Waals surface area contributed by atoms with Gasteiger partial charge in [0, 0.05) is 20.6 Å². The van der Waals surface area contributed by atoms with Gasteiger partial charge >= 0.3 is 6.01 Å². The maximum absolute atomic E-state index is 11.6. The third kappa shape index (κ3) is 5.13. The molecule has 0 saturated heterocycles. The highest BCUT2D eigenvalue weighted by atomic mass is 32.2. The van der Waals surface area contributed by atoms with Crippen LogP contribution in [0, 0.1) is 0 Å². The van der Waals surface area contributed by atoms with E-state index in [9.17, 15) is 8.42 Å². The Labute approximate surface area is 118 Å². The molecule has 0 aromatic carbocycles. The van der Waals surface area contributed by atoms with E-state index in [4.69, 9.17) is 10.5 Å². The summed E-state index contributed by atoms with van der Waals surface area (Å²) in [6, 6.07) is 0.102. The molecule has 1 aromatic rings. The summed E-state index contributed by atoms with van der Waals surface area (Å²) in [7, 11) is -0.316. The van der Waals surface area contributed by atoms with Gasteiger partial charge in [0.1, 0.15) is 0 Å². The maximum atomic E-state index is 11.6. The van der Waals surface area contributed by atoms with E-state index in [0.29, 0.717) is 0 Å². The molecule has 1 heterocycles. The predicted molar refractivity (Wildman–Crippen MR) is 76.0 cm³/mol. The average molecular weight is 304 g/mol. The summed E-state index contributed by atoms with van der Waals surface area (Å²) in [5, 5.41) is 2.78. The van der Waals surface area contributed by atoms with E-state index in [1.54, 1.807) is 0 Å². The lowest BCUT2D eigenvalue weighted by atomic mass is 10.5. The Morgan fingerprint density at radius 3 is 2.50 bits per heavy atom. The van der Waals surface area contributed by atoms with Gasteiger partial charge in [0.2, 0.25) is 21.9 Å². The first-order valence-corrected chi connectivity index (χ1v) is 7.64. The number of hydrogen-bond donors (Lipinski definition) is 2. The van der Waals surface area contributed by atoms with Crippen molar-refractivity contribution in [2.45, 2.75) is 20.0 Å². The highest BCUT2D eigenvalue weighted by Gasteiger charge is 2.13. The van der Waals surface area contributed by atoms with Crippen LogP contribution in [-0.2, 0) is 10.0 Å². The van der Waals surface area contributed by atoms with Crippen LogP contribution >= 0.6 is 0 Å². The monoisotopic (exact) mass is 304 g/mol. The molecule has 0 spiro atoms. The van der Waals surface area contributed by atoms with E-state index in [1.165, 1.54) is 14.1 Å². The van der Waals surface area contributed by atoms with Crippen LogP contribution in [0.2, 0.25) is 0 Å². The molecule has 0 fully saturated rings. The molecule has 9 nitrogen and oxygen atoms in total. The molecule has 0 aliphatic rings. The van der Waals surface area contributed by atoms with Gasteiger partial charge in [-0.3, -0.25) is 0 Å². The van der Waals surface area contributed by atoms with Gasteiger partial charge < -0.3 is 15.8 Å². The van der Waals surface area contributed by atoms with Gasteiger partial charge in [-0.2, -0.15) is 15.0 Å². The minimum atomic E-state index is -3.27. The van der Waals surface area contributed by atoms with E-state index >= 15 is 0 Å². The maximum Gasteiger partial charge on any atom is 0.323 e. The Bertz CT molecular complexity index is 546. The van der Waals surface area contributed by atoms with Gasteiger partial charge in [0.25, 0.3) is 0 Å². The van der Waals surface area contributed by atoms with E-state index in [1.807, 2.05) is 13.8 Å². The number of sulfonamides is 1. The van der Waals surface area contributed by atoms with Gasteiger partial charge in [-0.25, -0.2) is 12.7 Å². The molecule has 114 valence electrons. The Morgan fingerprint density at radius 1 is 1.30 bits per heavy atom. The fourth-order valence-corrected chi connectivity index (χ4v) is 1.91. The number of nitrogens with two attached hydrogens (primary N) is 1. The molecule has 20 heavy (non-hydrogen) atoms. The van der Waals surface area contributed by atoms with Crippen molar-refractivity contribution in [3.63, 3.8) is 0 Å². The summed E-state index contributed by atoms with van der Waals surface area (Å²) >= 11 is 0. The fraction of sp³-hybridized carbons (Fsp3) is 0.700. The summed E-state index contributed by atoms with van der Waals surface area (Å²) < 4.78 is 29.6. The first-order chi connectivity index (χ1) is 9.20. The smallest absolute Gasteiger partial charge is 0.323 e. The van der Waals surface area contributed by atoms with Crippen molar-refractivity contribution in [3.8, 4) is 6.01 Å². The summed E-state index contributed by atoms with van der Waals surface area (Å²) in [6.07, 6.45) is -0.0984. The molecule has 1 rings (SSSR count). The van der Waals surface area contributed by atoms with Crippen molar-refractivity contribution >= 4 is 21.9 Å². The summed E-state index contributed by atoms with van der Waals surface area (Å²) in [4.78, 5) is 11.7. The van der Waals surface area contributed by atoms with Crippen LogP contribution in [0.25, 0.3) is 0 Å². The minimum absolute atomic E-state index is 0.00798. The van der Waals surface area contributed by atoms with Crippen LogP contribution in [-0.4, -0.2) is 60.2 Å². The molecular formula is C10H20N6O3S. The SMILES string of the molecule is CC(C)Oc1nc(N)nc(NCCS(=O)(=O)N(C)C)n1. The van der Waals surface area contributed by atoms with Crippen molar-refractivity contribution in [2.75, 3.05) is 37.4 Å². The third-order valence-corrected chi connectivity index (χ3v) is 4.01. The number of nitrogens with one attached hydrogen (secondary N) is 1. The summed E-state index contributed by atoms with van der Waals surface area (Å²) in [5.41, 5.74) is 5.53. The molecule has 0 aliphatic heterocycles. The van der Waals surface area contributed by atoms with Gasteiger partial charge in [-0.05, 0) is 13.8 Å². The van der Waals surface area contributed by atoms with Crippen LogP contribution in [0.4, 0.5) is 11.9 Å². The molecule has 0 bridgehead atoms. The van der Waals surface area contributed by atoms with Crippen molar-refractivity contribution in [3.05, 3.63) is 0 Å². The normalized spacial score (nSPS) is 11.9. The summed E-state index contributed by atoms with van der Waals surface area (Å²) in [6.45, 7) is 3.82. The second-order valence-corrected chi connectivity index (χ2v) is 6.79. The molecule has 0 unspecified atom stereocenters. The second kappa shape index (κ2) is 6.66. The number of hydrogen-bond acceptors (Lipinski definition) is 8. The number of nitrogen functional groups attached to an aromatic ring is 1. The van der Waals surface area contributed by atoms with Gasteiger partial charge in [0.15, 0.2) is 0 Å². The lowest BCUT2D eigenvalue weighted by Gasteiger charge is -2.12. The zero-order valence-electron chi connectivity index (χ0n) is 12.0. The third-order valence-electron chi connectivity index (χ3n) is 2.17. The zero-order valence-corrected chi connectivity index (χ0v) is 12.8. The Kier molecular flexibility index (Phi) is 5.45. The second-order valence-electron chi connectivity index (χ2n) is 4.49. The molecule has 0 atom stereocenters. The van der Waals surface area contributed by atoms with Crippen LogP contribution in [0.5, 0.6) is 6.01 Å². The number of anilines is 2. The molecule has 3 N–H and O–H groups in total. The average Bonchev–Trinajstić information content (AvgIpc) is 2.26. The van der Waals surface area contributed by atoms with Crippen molar-refractivity contribution in [1.29, 1.82) is 0 Å². The summed E-state index contributed by atoms with van der Waals surface area (Å²) in [5.74, 6) is 0.113. The quantitative estimate of drug-likeness (QED) is 0.694. The number of rotatable bonds is 7. The number of ether oxygens (including phenoxy) is 1. The lowest BCUT2D eigenvalue weighted by Crippen LogP contribution is -2.28. The zero-order chi connectivity index (χ0) is 15.3. The molecule has 10 heteroatoms. The van der Waals surface area contributed by atoms with Crippen molar-refractivity contribution in [2.24, 2.45) is 0 Å². The molecule has 0 saturated carbocycles. The minimum Gasteiger partial charge on any atom is -0.461 e. The molecular weight excluding hydrogens is 284 g/mol. The van der Waals surface area contributed by atoms with E-state index in [2.05, 4.69) is 20.3 Å². The predicted octanol–water partition coefficient (Wildman–Crippen LogP) is -0.456. The van der Waals surface area contributed by atoms with E-state index in [0.717, 1.165) is 4.31 Å². The van der Waals surface area contributed by atoms with Gasteiger partial charge in [-0.1, -0.05) is 0 Å². The Balaban J connectivity index is 2.67. The highest BCUT2D eigenvalue weighted by molar-refractivity contribution is 7.89. The van der Waals surface area contributed by atoms with E-state index < -0.39 is 10.0 Å². The van der Waals surface area contributed by atoms with Crippen LogP contribution in [0.3, 0.4) is 0 Å². The van der Waals surface area contributed by atoms with Crippen LogP contribution in [0.15, 0.2) is 0 Å². The topological polar surface area (TPSA) is 123 Å². The standard InChI is InChI=1S/C10H20N6O3S/c1-7(2)19-10-14-8(11)13-9(15-10)12-5-6-20(17,18)16(3)4/h7H,5-6H2,1-4H3,(H3,11,12,13,14,15). The number of aromatic nitrogens is 3. The Morgan fingerprint density at radius 2 is 1.95 bits per heavy atom. The highest BCUT2D eigenvalue weighted by Crippen LogP contribution is 2.10. The molecule has 1 aromatic heterocycles. The Hall–Kier alpha value is -1.68. The van der Waals surface area contributed by atoms with Gasteiger partial charge in [0.05, 0.1) is 11.9 Å². The molecule has 0 aliphatic carbocycles. The van der Waals surface area contributed by atoms with Crippen LogP contribution < -0.4 is 15.8 Å². The fourth-order valence-electron chi connectivity index (χ4n) is 1.19. The van der Waals surface area contributed by atoms with Crippen molar-refractivity contribution < 1.29 is 13.2 Å². The van der Waals surface area contributed by atoms with Crippen molar-refractivity contribution in [1.82, 2.24) is 19.3 Å². The largest absolute Gasteiger partial charge is 0.461 e. The first-order valence-electron chi connectivity index (χ1n) is 6.03. The molecule has 0 radical (unpaired) electrons. The number of nitrogens with zero attached hydrogens (tertiary/aromatic N) is 4. The first kappa shape index (κ1) is 16.4. The van der Waals surface area contributed by atoms with Crippen LogP contribution in [0.1, 0.15) is 13.8 Å².